The summed E-state index contributed by atoms with van der Waals surface area (Å²) in [6.45, 7) is 3.46. The van der Waals surface area contributed by atoms with E-state index in [2.05, 4.69) is 17.4 Å². The number of benzene rings is 1. The largest absolute Gasteiger partial charge is 0.494 e. The van der Waals surface area contributed by atoms with Crippen molar-refractivity contribution in [2.45, 2.75) is 32.6 Å². The molecule has 1 aromatic heterocycles. The smallest absolute Gasteiger partial charge is 0.251 e. The molecule has 0 unspecified atom stereocenters. The molecule has 0 aliphatic carbocycles. The van der Waals surface area contributed by atoms with Gasteiger partial charge in [0.1, 0.15) is 12.0 Å². The van der Waals surface area contributed by atoms with Gasteiger partial charge in [-0.1, -0.05) is 18.5 Å². The quantitative estimate of drug-likeness (QED) is 0.722. The van der Waals surface area contributed by atoms with Crippen LogP contribution in [-0.2, 0) is 6.42 Å². The summed E-state index contributed by atoms with van der Waals surface area (Å²) in [6.07, 6.45) is 7.15. The van der Waals surface area contributed by atoms with Gasteiger partial charge in [-0.2, -0.15) is 0 Å². The van der Waals surface area contributed by atoms with Crippen LogP contribution in [0.1, 0.15) is 42.1 Å². The Labute approximate surface area is 130 Å². The molecule has 0 fully saturated rings. The fraction of sp³-hybridized carbons (Fsp3) is 0.412. The summed E-state index contributed by atoms with van der Waals surface area (Å²) in [5, 5.41) is 6.55. The van der Waals surface area contributed by atoms with E-state index in [0.29, 0.717) is 18.7 Å². The second-order valence-electron chi connectivity index (χ2n) is 5.12. The summed E-state index contributed by atoms with van der Waals surface area (Å²) in [5.41, 5.74) is 1.69. The molecule has 22 heavy (non-hydrogen) atoms. The fourth-order valence-electron chi connectivity index (χ4n) is 1.98. The summed E-state index contributed by atoms with van der Waals surface area (Å²) >= 11 is 0. The number of nitrogens with zero attached hydrogens (tertiary/aromatic N) is 1. The molecule has 0 saturated heterocycles. The van der Waals surface area contributed by atoms with Crippen molar-refractivity contribution in [1.82, 2.24) is 10.5 Å². The third-order valence-electron chi connectivity index (χ3n) is 3.29. The number of rotatable bonds is 9. The third-order valence-corrected chi connectivity index (χ3v) is 3.29. The van der Waals surface area contributed by atoms with Gasteiger partial charge in [-0.25, -0.2) is 0 Å². The number of nitrogens with one attached hydrogen (secondary N) is 1. The van der Waals surface area contributed by atoms with Crippen molar-refractivity contribution in [2.24, 2.45) is 0 Å². The van der Waals surface area contributed by atoms with Gasteiger partial charge in [-0.05, 0) is 43.5 Å². The van der Waals surface area contributed by atoms with Crippen LogP contribution in [0.3, 0.4) is 0 Å². The standard InChI is InChI=1S/C17H22N2O3/c1-2-3-11-21-16-8-6-15(7-9-16)17(20)18-10-4-5-14-12-19-22-13-14/h6-9,12-13H,2-5,10-11H2,1H3,(H,18,20). The van der Waals surface area contributed by atoms with E-state index in [1.165, 1.54) is 0 Å². The molecule has 0 saturated carbocycles. The lowest BCUT2D eigenvalue weighted by Gasteiger charge is -2.07. The monoisotopic (exact) mass is 302 g/mol. The van der Waals surface area contributed by atoms with Crippen LogP contribution >= 0.6 is 0 Å². The van der Waals surface area contributed by atoms with Crippen LogP contribution in [-0.4, -0.2) is 24.2 Å². The van der Waals surface area contributed by atoms with Crippen molar-refractivity contribution in [3.8, 4) is 5.75 Å². The highest BCUT2D eigenvalue weighted by Crippen LogP contribution is 2.12. The third kappa shape index (κ3) is 5.24. The topological polar surface area (TPSA) is 64.4 Å². The minimum absolute atomic E-state index is 0.0644. The van der Waals surface area contributed by atoms with Crippen molar-refractivity contribution >= 4 is 5.91 Å². The van der Waals surface area contributed by atoms with E-state index in [-0.39, 0.29) is 5.91 Å². The summed E-state index contributed by atoms with van der Waals surface area (Å²) < 4.78 is 10.3. The van der Waals surface area contributed by atoms with Crippen molar-refractivity contribution < 1.29 is 14.1 Å². The highest BCUT2D eigenvalue weighted by molar-refractivity contribution is 5.94. The first-order valence-electron chi connectivity index (χ1n) is 7.69. The van der Waals surface area contributed by atoms with E-state index >= 15 is 0 Å². The SMILES string of the molecule is CCCCOc1ccc(C(=O)NCCCc2cnoc2)cc1. The highest BCUT2D eigenvalue weighted by atomic mass is 16.5. The van der Waals surface area contributed by atoms with Gasteiger partial charge in [0.25, 0.3) is 5.91 Å². The Morgan fingerprint density at radius 1 is 1.27 bits per heavy atom. The van der Waals surface area contributed by atoms with Crippen LogP contribution in [0, 0.1) is 0 Å². The number of aryl methyl sites for hydroxylation is 1. The summed E-state index contributed by atoms with van der Waals surface area (Å²) in [4.78, 5) is 12.0. The number of carbonyl (C=O) groups is 1. The molecule has 1 heterocycles. The number of amides is 1. The highest BCUT2D eigenvalue weighted by Gasteiger charge is 2.05. The second-order valence-corrected chi connectivity index (χ2v) is 5.12. The van der Waals surface area contributed by atoms with Gasteiger partial charge >= 0.3 is 0 Å². The molecule has 5 nitrogen and oxygen atoms in total. The lowest BCUT2D eigenvalue weighted by molar-refractivity contribution is 0.0953. The molecule has 0 bridgehead atoms. The molecule has 0 atom stereocenters. The number of carbonyl (C=O) groups excluding carboxylic acids is 1. The number of hydrogen-bond acceptors (Lipinski definition) is 4. The Bertz CT molecular complexity index is 550. The van der Waals surface area contributed by atoms with Gasteiger partial charge in [0.15, 0.2) is 0 Å². The predicted molar refractivity (Wildman–Crippen MR) is 84.0 cm³/mol. The molecule has 118 valence electrons. The lowest BCUT2D eigenvalue weighted by atomic mass is 10.2. The Hall–Kier alpha value is -2.30. The Morgan fingerprint density at radius 3 is 2.77 bits per heavy atom. The Balaban J connectivity index is 1.70. The fourth-order valence-corrected chi connectivity index (χ4v) is 1.98. The van der Waals surface area contributed by atoms with Gasteiger partial charge in [0.05, 0.1) is 12.8 Å². The van der Waals surface area contributed by atoms with Gasteiger partial charge in [-0.15, -0.1) is 0 Å². The molecule has 0 spiro atoms. The minimum Gasteiger partial charge on any atom is -0.494 e. The van der Waals surface area contributed by atoms with Gasteiger partial charge in [0.2, 0.25) is 0 Å². The minimum atomic E-state index is -0.0644. The first-order valence-corrected chi connectivity index (χ1v) is 7.69. The molecule has 0 radical (unpaired) electrons. The normalized spacial score (nSPS) is 10.4. The van der Waals surface area contributed by atoms with Gasteiger partial charge in [-0.3, -0.25) is 4.79 Å². The van der Waals surface area contributed by atoms with Crippen LogP contribution in [0.2, 0.25) is 0 Å². The molecule has 0 aliphatic heterocycles. The van der Waals surface area contributed by atoms with E-state index in [1.54, 1.807) is 24.6 Å². The zero-order chi connectivity index (χ0) is 15.6. The van der Waals surface area contributed by atoms with Crippen molar-refractivity contribution in [1.29, 1.82) is 0 Å². The van der Waals surface area contributed by atoms with Gasteiger partial charge in [0, 0.05) is 17.7 Å². The molecular weight excluding hydrogens is 280 g/mol. The molecular formula is C17H22N2O3. The molecule has 5 heteroatoms. The summed E-state index contributed by atoms with van der Waals surface area (Å²) in [6, 6.07) is 7.25. The Morgan fingerprint density at radius 2 is 2.09 bits per heavy atom. The van der Waals surface area contributed by atoms with E-state index in [9.17, 15) is 4.79 Å². The maximum atomic E-state index is 12.0. The lowest BCUT2D eigenvalue weighted by Crippen LogP contribution is -2.24. The van der Waals surface area contributed by atoms with E-state index < -0.39 is 0 Å². The van der Waals surface area contributed by atoms with Crippen LogP contribution < -0.4 is 10.1 Å². The molecule has 1 aromatic carbocycles. The number of hydrogen-bond donors (Lipinski definition) is 1. The average molecular weight is 302 g/mol. The first-order chi connectivity index (χ1) is 10.8. The second kappa shape index (κ2) is 8.87. The van der Waals surface area contributed by atoms with Crippen molar-refractivity contribution in [2.75, 3.05) is 13.2 Å². The van der Waals surface area contributed by atoms with Crippen LogP contribution in [0.15, 0.2) is 41.2 Å². The zero-order valence-electron chi connectivity index (χ0n) is 12.9. The van der Waals surface area contributed by atoms with Crippen LogP contribution in [0.25, 0.3) is 0 Å². The van der Waals surface area contributed by atoms with Gasteiger partial charge < -0.3 is 14.6 Å². The van der Waals surface area contributed by atoms with E-state index in [4.69, 9.17) is 9.26 Å². The van der Waals surface area contributed by atoms with E-state index in [0.717, 1.165) is 37.0 Å². The number of ether oxygens (including phenoxy) is 1. The molecule has 2 rings (SSSR count). The van der Waals surface area contributed by atoms with E-state index in [1.807, 2.05) is 12.1 Å². The van der Waals surface area contributed by atoms with Crippen molar-refractivity contribution in [3.05, 3.63) is 47.9 Å². The van der Waals surface area contributed by atoms with Crippen molar-refractivity contribution in [3.63, 3.8) is 0 Å². The van der Waals surface area contributed by atoms with Crippen LogP contribution in [0.4, 0.5) is 0 Å². The maximum absolute atomic E-state index is 12.0. The maximum Gasteiger partial charge on any atom is 0.251 e. The predicted octanol–water partition coefficient (Wildman–Crippen LogP) is 3.22. The molecule has 1 N–H and O–H groups in total. The zero-order valence-corrected chi connectivity index (χ0v) is 12.9. The summed E-state index contributed by atoms with van der Waals surface area (Å²) in [7, 11) is 0. The number of aromatic nitrogens is 1. The average Bonchev–Trinajstić information content (AvgIpc) is 3.06. The molecule has 1 amide bonds. The molecule has 2 aromatic rings. The first kappa shape index (κ1) is 16.1. The Kier molecular flexibility index (Phi) is 6.48. The molecule has 0 aliphatic rings. The number of unbranched alkanes of at least 4 members (excludes halogenated alkanes) is 1. The summed E-state index contributed by atoms with van der Waals surface area (Å²) in [5.74, 6) is 0.739. The van der Waals surface area contributed by atoms with Crippen LogP contribution in [0.5, 0.6) is 5.75 Å².